The third kappa shape index (κ3) is 3.74. The van der Waals surface area contributed by atoms with Gasteiger partial charge in [0.05, 0.1) is 23.0 Å². The highest BCUT2D eigenvalue weighted by molar-refractivity contribution is 6.30. The minimum absolute atomic E-state index is 0.0601. The SMILES string of the molecule is Cc1c(CN(C)C(=O)c2cc(-c3cccc(Cl)c3)nc3ccccc23)cnn1C. The van der Waals surface area contributed by atoms with Crippen molar-refractivity contribution in [2.45, 2.75) is 13.5 Å². The summed E-state index contributed by atoms with van der Waals surface area (Å²) in [6, 6.07) is 17.1. The van der Waals surface area contributed by atoms with Crippen molar-refractivity contribution in [3.63, 3.8) is 0 Å². The molecule has 0 aliphatic heterocycles. The van der Waals surface area contributed by atoms with E-state index in [1.165, 1.54) is 0 Å². The molecule has 0 spiro atoms. The highest BCUT2D eigenvalue weighted by Gasteiger charge is 2.19. The Morgan fingerprint density at radius 2 is 1.93 bits per heavy atom. The van der Waals surface area contributed by atoms with Gasteiger partial charge in [-0.25, -0.2) is 4.98 Å². The Labute approximate surface area is 174 Å². The zero-order chi connectivity index (χ0) is 20.5. The standard InChI is InChI=1S/C23H21ClN4O/c1-15-17(13-25-28(15)3)14-27(2)23(29)20-12-22(16-7-6-8-18(24)11-16)26-21-10-5-4-9-19(20)21/h4-13H,14H2,1-3H3. The van der Waals surface area contributed by atoms with E-state index < -0.39 is 0 Å². The van der Waals surface area contributed by atoms with E-state index in [0.717, 1.165) is 33.4 Å². The number of benzene rings is 2. The van der Waals surface area contributed by atoms with E-state index >= 15 is 0 Å². The molecule has 6 heteroatoms. The van der Waals surface area contributed by atoms with Gasteiger partial charge >= 0.3 is 0 Å². The summed E-state index contributed by atoms with van der Waals surface area (Å²) in [6.45, 7) is 2.49. The molecule has 4 aromatic rings. The topological polar surface area (TPSA) is 51.0 Å². The third-order valence-electron chi connectivity index (χ3n) is 5.16. The number of aryl methyl sites for hydroxylation is 1. The minimum Gasteiger partial charge on any atom is -0.337 e. The summed E-state index contributed by atoms with van der Waals surface area (Å²) in [5.74, 6) is -0.0601. The van der Waals surface area contributed by atoms with E-state index in [1.807, 2.05) is 80.3 Å². The van der Waals surface area contributed by atoms with Crippen LogP contribution >= 0.6 is 11.6 Å². The van der Waals surface area contributed by atoms with Gasteiger partial charge in [0.1, 0.15) is 0 Å². The molecule has 2 heterocycles. The minimum atomic E-state index is -0.0601. The molecule has 0 unspecified atom stereocenters. The normalized spacial score (nSPS) is 11.0. The fourth-order valence-electron chi connectivity index (χ4n) is 3.38. The Morgan fingerprint density at radius 3 is 2.66 bits per heavy atom. The molecule has 0 saturated heterocycles. The average molecular weight is 405 g/mol. The molecule has 0 aliphatic carbocycles. The van der Waals surface area contributed by atoms with Gasteiger partial charge in [0, 0.05) is 47.9 Å². The van der Waals surface area contributed by atoms with Crippen LogP contribution in [-0.4, -0.2) is 32.6 Å². The smallest absolute Gasteiger partial charge is 0.254 e. The molecule has 0 fully saturated rings. The van der Waals surface area contributed by atoms with Crippen LogP contribution in [0.5, 0.6) is 0 Å². The monoisotopic (exact) mass is 404 g/mol. The molecule has 146 valence electrons. The van der Waals surface area contributed by atoms with E-state index in [0.29, 0.717) is 17.1 Å². The van der Waals surface area contributed by atoms with Gasteiger partial charge in [-0.05, 0) is 31.2 Å². The molecule has 5 nitrogen and oxygen atoms in total. The van der Waals surface area contributed by atoms with Crippen LogP contribution in [0.1, 0.15) is 21.6 Å². The van der Waals surface area contributed by atoms with Crippen molar-refractivity contribution >= 4 is 28.4 Å². The number of halogens is 1. The van der Waals surface area contributed by atoms with Gasteiger partial charge in [-0.1, -0.05) is 41.9 Å². The molecule has 1 amide bonds. The van der Waals surface area contributed by atoms with Crippen molar-refractivity contribution in [1.82, 2.24) is 19.7 Å². The Morgan fingerprint density at radius 1 is 1.14 bits per heavy atom. The summed E-state index contributed by atoms with van der Waals surface area (Å²) in [5.41, 5.74) is 5.07. The molecule has 0 radical (unpaired) electrons. The lowest BCUT2D eigenvalue weighted by atomic mass is 10.0. The van der Waals surface area contributed by atoms with Crippen LogP contribution < -0.4 is 0 Å². The predicted molar refractivity (Wildman–Crippen MR) is 116 cm³/mol. The first-order valence-electron chi connectivity index (χ1n) is 9.32. The number of carbonyl (C=O) groups excluding carboxylic acids is 1. The number of fused-ring (bicyclic) bond motifs is 1. The van der Waals surface area contributed by atoms with Crippen LogP contribution in [0.3, 0.4) is 0 Å². The fourth-order valence-corrected chi connectivity index (χ4v) is 3.57. The Kier molecular flexibility index (Phi) is 5.07. The molecule has 2 aromatic carbocycles. The van der Waals surface area contributed by atoms with E-state index in [9.17, 15) is 4.79 Å². The second kappa shape index (κ2) is 7.68. The van der Waals surface area contributed by atoms with Crippen LogP contribution in [0.4, 0.5) is 0 Å². The molecule has 0 saturated carbocycles. The number of para-hydroxylation sites is 1. The summed E-state index contributed by atoms with van der Waals surface area (Å²) in [7, 11) is 3.71. The fraction of sp³-hybridized carbons (Fsp3) is 0.174. The molecule has 0 atom stereocenters. The third-order valence-corrected chi connectivity index (χ3v) is 5.39. The maximum absolute atomic E-state index is 13.4. The van der Waals surface area contributed by atoms with E-state index in [4.69, 9.17) is 16.6 Å². The molecule has 29 heavy (non-hydrogen) atoms. The summed E-state index contributed by atoms with van der Waals surface area (Å²) in [5, 5.41) is 5.73. The van der Waals surface area contributed by atoms with Crippen molar-refractivity contribution < 1.29 is 4.79 Å². The molecule has 0 aliphatic rings. The number of nitrogens with zero attached hydrogens (tertiary/aromatic N) is 4. The number of carbonyl (C=O) groups is 1. The summed E-state index contributed by atoms with van der Waals surface area (Å²) in [4.78, 5) is 19.8. The van der Waals surface area contributed by atoms with Crippen molar-refractivity contribution in [2.75, 3.05) is 7.05 Å². The van der Waals surface area contributed by atoms with Gasteiger partial charge < -0.3 is 4.90 Å². The van der Waals surface area contributed by atoms with Crippen molar-refractivity contribution in [2.24, 2.45) is 7.05 Å². The Balaban J connectivity index is 1.77. The summed E-state index contributed by atoms with van der Waals surface area (Å²) in [6.07, 6.45) is 1.81. The first-order valence-corrected chi connectivity index (χ1v) is 9.70. The first-order chi connectivity index (χ1) is 13.9. The van der Waals surface area contributed by atoms with Gasteiger partial charge in [-0.15, -0.1) is 0 Å². The number of pyridine rings is 1. The van der Waals surface area contributed by atoms with Crippen LogP contribution in [0, 0.1) is 6.92 Å². The number of hydrogen-bond acceptors (Lipinski definition) is 3. The lowest BCUT2D eigenvalue weighted by Gasteiger charge is -2.19. The number of amides is 1. The highest BCUT2D eigenvalue weighted by atomic mass is 35.5. The van der Waals surface area contributed by atoms with Crippen LogP contribution in [0.2, 0.25) is 5.02 Å². The summed E-state index contributed by atoms with van der Waals surface area (Å²) < 4.78 is 1.81. The van der Waals surface area contributed by atoms with Gasteiger partial charge in [-0.2, -0.15) is 5.10 Å². The number of aromatic nitrogens is 3. The molecule has 0 N–H and O–H groups in total. The van der Waals surface area contributed by atoms with Crippen molar-refractivity contribution in [3.8, 4) is 11.3 Å². The molecular weight excluding hydrogens is 384 g/mol. The number of hydrogen-bond donors (Lipinski definition) is 0. The molecule has 0 bridgehead atoms. The maximum atomic E-state index is 13.4. The first kappa shape index (κ1) is 19.2. The van der Waals surface area contributed by atoms with E-state index in [1.54, 1.807) is 11.1 Å². The zero-order valence-corrected chi connectivity index (χ0v) is 17.3. The van der Waals surface area contributed by atoms with E-state index in [-0.39, 0.29) is 5.91 Å². The molecule has 4 rings (SSSR count). The highest BCUT2D eigenvalue weighted by Crippen LogP contribution is 2.27. The van der Waals surface area contributed by atoms with E-state index in [2.05, 4.69) is 5.10 Å². The number of rotatable bonds is 4. The second-order valence-electron chi connectivity index (χ2n) is 7.12. The second-order valence-corrected chi connectivity index (χ2v) is 7.56. The average Bonchev–Trinajstić information content (AvgIpc) is 3.04. The van der Waals surface area contributed by atoms with Gasteiger partial charge in [0.15, 0.2) is 0 Å². The zero-order valence-electron chi connectivity index (χ0n) is 16.6. The Bertz CT molecular complexity index is 1210. The molecular formula is C23H21ClN4O. The maximum Gasteiger partial charge on any atom is 0.254 e. The van der Waals surface area contributed by atoms with Gasteiger partial charge in [0.2, 0.25) is 0 Å². The van der Waals surface area contributed by atoms with Crippen LogP contribution in [0.15, 0.2) is 60.8 Å². The predicted octanol–water partition coefficient (Wildman–Crippen LogP) is 4.87. The largest absolute Gasteiger partial charge is 0.337 e. The molecule has 2 aromatic heterocycles. The quantitative estimate of drug-likeness (QED) is 0.487. The van der Waals surface area contributed by atoms with Gasteiger partial charge in [0.25, 0.3) is 5.91 Å². The van der Waals surface area contributed by atoms with Gasteiger partial charge in [-0.3, -0.25) is 9.48 Å². The lowest BCUT2D eigenvalue weighted by Crippen LogP contribution is -2.26. The Hall–Kier alpha value is -3.18. The van der Waals surface area contributed by atoms with Crippen molar-refractivity contribution in [3.05, 3.63) is 82.6 Å². The summed E-state index contributed by atoms with van der Waals surface area (Å²) >= 11 is 6.16. The van der Waals surface area contributed by atoms with Crippen LogP contribution in [-0.2, 0) is 13.6 Å². The van der Waals surface area contributed by atoms with Crippen LogP contribution in [0.25, 0.3) is 22.2 Å². The van der Waals surface area contributed by atoms with Crippen molar-refractivity contribution in [1.29, 1.82) is 0 Å². The lowest BCUT2D eigenvalue weighted by molar-refractivity contribution is 0.0787.